The minimum atomic E-state index is -0.299. The van der Waals surface area contributed by atoms with Crippen molar-refractivity contribution >= 4 is 0 Å². The number of aliphatic hydroxyl groups is 1. The molecular formula is C15H22O2. The molecule has 0 heterocycles. The monoisotopic (exact) mass is 234 g/mol. The van der Waals surface area contributed by atoms with Gasteiger partial charge in [-0.15, -0.1) is 0 Å². The van der Waals surface area contributed by atoms with Crippen molar-refractivity contribution < 1.29 is 9.84 Å². The highest BCUT2D eigenvalue weighted by Gasteiger charge is 2.34. The lowest BCUT2D eigenvalue weighted by Crippen LogP contribution is -2.39. The van der Waals surface area contributed by atoms with Crippen LogP contribution in [-0.2, 0) is 11.3 Å². The second kappa shape index (κ2) is 5.19. The highest BCUT2D eigenvalue weighted by Crippen LogP contribution is 2.36. The molecule has 0 saturated heterocycles. The van der Waals surface area contributed by atoms with Gasteiger partial charge in [-0.3, -0.25) is 0 Å². The van der Waals surface area contributed by atoms with Crippen molar-refractivity contribution in [1.29, 1.82) is 0 Å². The van der Waals surface area contributed by atoms with Crippen molar-refractivity contribution in [1.82, 2.24) is 0 Å². The Balaban J connectivity index is 1.89. The van der Waals surface area contributed by atoms with Crippen LogP contribution in [-0.4, -0.2) is 17.3 Å². The summed E-state index contributed by atoms with van der Waals surface area (Å²) in [7, 11) is 0. The Labute approximate surface area is 104 Å². The first-order chi connectivity index (χ1) is 8.07. The van der Waals surface area contributed by atoms with Gasteiger partial charge in [-0.2, -0.15) is 0 Å². The average molecular weight is 234 g/mol. The molecule has 0 spiro atoms. The van der Waals surface area contributed by atoms with E-state index in [1.54, 1.807) is 0 Å². The van der Waals surface area contributed by atoms with Crippen molar-refractivity contribution in [3.05, 3.63) is 35.9 Å². The topological polar surface area (TPSA) is 29.5 Å². The maximum atomic E-state index is 9.95. The lowest BCUT2D eigenvalue weighted by molar-refractivity contribution is -0.0924. The molecule has 1 aromatic carbocycles. The number of benzene rings is 1. The van der Waals surface area contributed by atoms with Crippen LogP contribution in [0.1, 0.15) is 38.7 Å². The predicted octanol–water partition coefficient (Wildman–Crippen LogP) is 3.14. The molecule has 0 radical (unpaired) electrons. The molecule has 1 fully saturated rings. The van der Waals surface area contributed by atoms with E-state index in [2.05, 4.69) is 26.0 Å². The largest absolute Gasteiger partial charge is 0.390 e. The third-order valence-electron chi connectivity index (χ3n) is 3.61. The Morgan fingerprint density at radius 2 is 2.00 bits per heavy atom. The fraction of sp³-hybridized carbons (Fsp3) is 0.600. The first-order valence-corrected chi connectivity index (χ1v) is 6.40. The van der Waals surface area contributed by atoms with Gasteiger partial charge < -0.3 is 9.84 Å². The molecule has 1 aliphatic carbocycles. The molecule has 1 N–H and O–H groups in total. The Morgan fingerprint density at radius 1 is 1.29 bits per heavy atom. The third-order valence-corrected chi connectivity index (χ3v) is 3.61. The molecule has 94 valence electrons. The summed E-state index contributed by atoms with van der Waals surface area (Å²) in [6, 6.07) is 10.1. The molecule has 1 saturated carbocycles. The minimum absolute atomic E-state index is 0.0149. The lowest BCUT2D eigenvalue weighted by Gasteiger charge is -2.38. The SMILES string of the molecule is CC1(C)CCC(O)C(OCc2ccccc2)C1. The number of hydrogen-bond donors (Lipinski definition) is 1. The van der Waals surface area contributed by atoms with Crippen LogP contribution in [0.5, 0.6) is 0 Å². The van der Waals surface area contributed by atoms with E-state index >= 15 is 0 Å². The van der Waals surface area contributed by atoms with Crippen molar-refractivity contribution in [3.63, 3.8) is 0 Å². The summed E-state index contributed by atoms with van der Waals surface area (Å²) < 4.78 is 5.87. The Kier molecular flexibility index (Phi) is 3.85. The van der Waals surface area contributed by atoms with Gasteiger partial charge >= 0.3 is 0 Å². The molecule has 2 heteroatoms. The van der Waals surface area contributed by atoms with Crippen LogP contribution in [0.15, 0.2) is 30.3 Å². The summed E-state index contributed by atoms with van der Waals surface area (Å²) in [5.74, 6) is 0. The van der Waals surface area contributed by atoms with Gasteiger partial charge in [-0.05, 0) is 30.2 Å². The number of rotatable bonds is 3. The zero-order valence-corrected chi connectivity index (χ0v) is 10.7. The fourth-order valence-electron chi connectivity index (χ4n) is 2.45. The Hall–Kier alpha value is -0.860. The van der Waals surface area contributed by atoms with E-state index in [9.17, 15) is 5.11 Å². The van der Waals surface area contributed by atoms with Crippen LogP contribution in [0.25, 0.3) is 0 Å². The van der Waals surface area contributed by atoms with Crippen molar-refractivity contribution in [3.8, 4) is 0 Å². The smallest absolute Gasteiger partial charge is 0.0843 e. The third kappa shape index (κ3) is 3.55. The molecule has 0 aromatic heterocycles. The van der Waals surface area contributed by atoms with E-state index in [-0.39, 0.29) is 12.2 Å². The first-order valence-electron chi connectivity index (χ1n) is 6.40. The number of ether oxygens (including phenoxy) is 1. The molecule has 0 aliphatic heterocycles. The van der Waals surface area contributed by atoms with E-state index in [1.165, 1.54) is 5.56 Å². The summed E-state index contributed by atoms with van der Waals surface area (Å²) in [4.78, 5) is 0. The first kappa shape index (κ1) is 12.6. The molecule has 2 unspecified atom stereocenters. The summed E-state index contributed by atoms with van der Waals surface area (Å²) in [5, 5.41) is 9.95. The number of hydrogen-bond acceptors (Lipinski definition) is 2. The van der Waals surface area contributed by atoms with Crippen LogP contribution in [0.2, 0.25) is 0 Å². The summed E-state index contributed by atoms with van der Waals surface area (Å²) in [5.41, 5.74) is 1.46. The second-order valence-electron chi connectivity index (χ2n) is 5.81. The fourth-order valence-corrected chi connectivity index (χ4v) is 2.45. The molecule has 2 nitrogen and oxygen atoms in total. The average Bonchev–Trinajstić information content (AvgIpc) is 2.32. The van der Waals surface area contributed by atoms with Gasteiger partial charge in [-0.25, -0.2) is 0 Å². The van der Waals surface area contributed by atoms with Crippen LogP contribution in [0, 0.1) is 5.41 Å². The summed E-state index contributed by atoms with van der Waals surface area (Å²) >= 11 is 0. The molecule has 2 atom stereocenters. The van der Waals surface area contributed by atoms with Crippen molar-refractivity contribution in [2.75, 3.05) is 0 Å². The molecule has 2 rings (SSSR count). The van der Waals surface area contributed by atoms with Crippen LogP contribution in [0.3, 0.4) is 0 Å². The van der Waals surface area contributed by atoms with Gasteiger partial charge in [0.05, 0.1) is 18.8 Å². The van der Waals surface area contributed by atoms with E-state index in [4.69, 9.17) is 4.74 Å². The van der Waals surface area contributed by atoms with Crippen molar-refractivity contribution in [2.45, 2.75) is 51.9 Å². The Bertz CT molecular complexity index is 345. The quantitative estimate of drug-likeness (QED) is 0.870. The van der Waals surface area contributed by atoms with Crippen LogP contribution in [0.4, 0.5) is 0 Å². The van der Waals surface area contributed by atoms with Crippen LogP contribution < -0.4 is 0 Å². The standard InChI is InChI=1S/C15H22O2/c1-15(2)9-8-13(16)14(10-15)17-11-12-6-4-3-5-7-12/h3-7,13-14,16H,8-11H2,1-2H3. The highest BCUT2D eigenvalue weighted by atomic mass is 16.5. The van der Waals surface area contributed by atoms with Gasteiger partial charge in [0.25, 0.3) is 0 Å². The van der Waals surface area contributed by atoms with Crippen molar-refractivity contribution in [2.24, 2.45) is 5.41 Å². The Morgan fingerprint density at radius 3 is 2.71 bits per heavy atom. The minimum Gasteiger partial charge on any atom is -0.390 e. The second-order valence-corrected chi connectivity index (χ2v) is 5.81. The lowest BCUT2D eigenvalue weighted by atomic mass is 9.75. The van der Waals surface area contributed by atoms with Gasteiger partial charge in [0.2, 0.25) is 0 Å². The van der Waals surface area contributed by atoms with E-state index in [0.29, 0.717) is 12.0 Å². The predicted molar refractivity (Wildman–Crippen MR) is 68.7 cm³/mol. The van der Waals surface area contributed by atoms with Gasteiger partial charge in [0.1, 0.15) is 0 Å². The van der Waals surface area contributed by atoms with Crippen LogP contribution >= 0.6 is 0 Å². The summed E-state index contributed by atoms with van der Waals surface area (Å²) in [6.07, 6.45) is 2.57. The molecule has 1 aliphatic rings. The zero-order chi connectivity index (χ0) is 12.3. The van der Waals surface area contributed by atoms with E-state index in [1.807, 2.05) is 18.2 Å². The molecule has 17 heavy (non-hydrogen) atoms. The molecule has 1 aromatic rings. The molecule has 0 bridgehead atoms. The molecular weight excluding hydrogens is 212 g/mol. The highest BCUT2D eigenvalue weighted by molar-refractivity contribution is 5.13. The van der Waals surface area contributed by atoms with Gasteiger partial charge in [0, 0.05) is 0 Å². The molecule has 0 amide bonds. The van der Waals surface area contributed by atoms with E-state index < -0.39 is 0 Å². The zero-order valence-electron chi connectivity index (χ0n) is 10.7. The normalized spacial score (nSPS) is 27.9. The number of aliphatic hydroxyl groups excluding tert-OH is 1. The summed E-state index contributed by atoms with van der Waals surface area (Å²) in [6.45, 7) is 5.09. The maximum absolute atomic E-state index is 9.95. The van der Waals surface area contributed by atoms with Gasteiger partial charge in [0.15, 0.2) is 0 Å². The van der Waals surface area contributed by atoms with E-state index in [0.717, 1.165) is 19.3 Å². The maximum Gasteiger partial charge on any atom is 0.0843 e. The van der Waals surface area contributed by atoms with Gasteiger partial charge in [-0.1, -0.05) is 44.2 Å².